The molecule has 0 amide bonds. The molecule has 12 nitrogen and oxygen atoms in total. The van der Waals surface area contributed by atoms with Crippen LogP contribution in [0.4, 0.5) is 17.1 Å². The molecule has 3 fully saturated rings. The normalized spacial score (nSPS) is 33.8. The molecule has 12 heteroatoms. The van der Waals surface area contributed by atoms with Crippen LogP contribution in [0.2, 0.25) is 0 Å². The van der Waals surface area contributed by atoms with Gasteiger partial charge in [0.1, 0.15) is 5.78 Å². The summed E-state index contributed by atoms with van der Waals surface area (Å²) in [7, 11) is 0. The predicted molar refractivity (Wildman–Crippen MR) is 153 cm³/mol. The number of hydrogen-bond acceptors (Lipinski definition) is 9. The van der Waals surface area contributed by atoms with Gasteiger partial charge in [-0.25, -0.2) is 0 Å². The van der Waals surface area contributed by atoms with Crippen molar-refractivity contribution < 1.29 is 29.6 Å². The minimum absolute atomic E-state index is 0.000962. The molecule has 2 N–H and O–H groups in total. The highest BCUT2D eigenvalue weighted by atomic mass is 16.6. The van der Waals surface area contributed by atoms with Crippen LogP contribution in [0.3, 0.4) is 0 Å². The van der Waals surface area contributed by atoms with E-state index in [4.69, 9.17) is 0 Å². The minimum atomic E-state index is -0.785. The summed E-state index contributed by atoms with van der Waals surface area (Å²) in [6, 6.07) is 3.27. The molecule has 3 aliphatic rings. The van der Waals surface area contributed by atoms with E-state index in [2.05, 4.69) is 24.1 Å². The number of Topliss-reactive ketones (excluding diaryl/α,β-unsaturated/α-hetero) is 1. The maximum atomic E-state index is 13.4. The number of aliphatic hydroxyl groups is 1. The first-order valence-corrected chi connectivity index (χ1v) is 15.0. The van der Waals surface area contributed by atoms with Gasteiger partial charge in [0.15, 0.2) is 5.69 Å². The van der Waals surface area contributed by atoms with Crippen LogP contribution in [0.15, 0.2) is 28.4 Å². The van der Waals surface area contributed by atoms with Crippen LogP contribution in [-0.4, -0.2) is 44.5 Å². The largest absolute Gasteiger partial charge is 0.481 e. The van der Waals surface area contributed by atoms with E-state index in [9.17, 15) is 40.0 Å². The first kappa shape index (κ1) is 31.7. The predicted octanol–water partition coefficient (Wildman–Crippen LogP) is 6.66. The molecule has 4 rings (SSSR count). The molecule has 3 aliphatic carbocycles. The highest BCUT2D eigenvalue weighted by molar-refractivity contribution is 5.86. The van der Waals surface area contributed by atoms with Gasteiger partial charge in [-0.2, -0.15) is 5.11 Å². The minimum Gasteiger partial charge on any atom is -0.481 e. The van der Waals surface area contributed by atoms with E-state index in [0.717, 1.165) is 37.8 Å². The van der Waals surface area contributed by atoms with E-state index in [1.165, 1.54) is 6.07 Å². The van der Waals surface area contributed by atoms with Crippen molar-refractivity contribution in [3.63, 3.8) is 0 Å². The fourth-order valence-electron chi connectivity index (χ4n) is 8.75. The Morgan fingerprint density at radius 3 is 2.48 bits per heavy atom. The monoisotopic (exact) mass is 586 g/mol. The molecule has 3 saturated carbocycles. The van der Waals surface area contributed by atoms with Gasteiger partial charge in [0.05, 0.1) is 28.6 Å². The molecule has 1 aromatic carbocycles. The highest BCUT2D eigenvalue weighted by Gasteiger charge is 2.58. The molecule has 0 bridgehead atoms. The van der Waals surface area contributed by atoms with Crippen molar-refractivity contribution in [2.24, 2.45) is 50.6 Å². The number of aliphatic carboxylic acids is 1. The van der Waals surface area contributed by atoms with Gasteiger partial charge in [0, 0.05) is 24.3 Å². The number of non-ortho nitro benzene ring substituents is 1. The fraction of sp³-hybridized carbons (Fsp3) is 0.733. The van der Waals surface area contributed by atoms with Crippen molar-refractivity contribution in [2.45, 2.75) is 91.1 Å². The summed E-state index contributed by atoms with van der Waals surface area (Å²) >= 11 is 0. The maximum Gasteiger partial charge on any atom is 0.303 e. The SMILES string of the molecule is C[C@H](CCC(=O)O)[C@H]1CCC2C(CCN=Nc3ccc([N+](=O)[O-])cc3[N+](=O)[O-])C([C@@]3(C)CC[C@H](O)CC3=O)CC[C@@]21C. The number of carboxylic acids is 1. The van der Waals surface area contributed by atoms with Gasteiger partial charge in [-0.3, -0.25) is 29.8 Å². The average molecular weight is 587 g/mol. The summed E-state index contributed by atoms with van der Waals surface area (Å²) in [5.41, 5.74) is -1.47. The highest BCUT2D eigenvalue weighted by Crippen LogP contribution is 2.64. The number of carbonyl (C=O) groups excluding carboxylic acids is 1. The van der Waals surface area contributed by atoms with Gasteiger partial charge < -0.3 is 10.2 Å². The molecule has 3 unspecified atom stereocenters. The zero-order valence-electron chi connectivity index (χ0n) is 24.6. The first-order chi connectivity index (χ1) is 19.8. The number of rotatable bonds is 11. The molecular formula is C30H42N4O8. The molecule has 0 spiro atoms. The van der Waals surface area contributed by atoms with Crippen LogP contribution in [0, 0.1) is 60.6 Å². The Balaban J connectivity index is 1.58. The number of carbonyl (C=O) groups is 2. The van der Waals surface area contributed by atoms with Crippen molar-refractivity contribution in [3.8, 4) is 0 Å². The van der Waals surface area contributed by atoms with Crippen LogP contribution in [-0.2, 0) is 9.59 Å². The van der Waals surface area contributed by atoms with Crippen molar-refractivity contribution in [3.05, 3.63) is 38.4 Å². The van der Waals surface area contributed by atoms with Crippen molar-refractivity contribution in [1.82, 2.24) is 0 Å². The number of fused-ring (bicyclic) bond motifs is 1. The van der Waals surface area contributed by atoms with Gasteiger partial charge in [-0.15, -0.1) is 5.11 Å². The zero-order chi connectivity index (χ0) is 30.8. The van der Waals surface area contributed by atoms with Crippen molar-refractivity contribution in [2.75, 3.05) is 6.54 Å². The van der Waals surface area contributed by atoms with Crippen LogP contribution in [0.1, 0.15) is 85.0 Å². The summed E-state index contributed by atoms with van der Waals surface area (Å²) in [6.07, 6.45) is 6.01. The molecule has 1 aromatic rings. The smallest absolute Gasteiger partial charge is 0.303 e. The molecule has 0 aliphatic heterocycles. The quantitative estimate of drug-likeness (QED) is 0.164. The Hall–Kier alpha value is -3.28. The number of azo groups is 1. The summed E-state index contributed by atoms with van der Waals surface area (Å²) in [5.74, 6) is 0.529. The lowest BCUT2D eigenvalue weighted by Crippen LogP contribution is -2.51. The van der Waals surface area contributed by atoms with Gasteiger partial charge in [-0.1, -0.05) is 20.8 Å². The maximum absolute atomic E-state index is 13.4. The standard InChI is InChI=1S/C30H42N4O8/c1-18(4-9-28(37)38)22-6-7-23-21(12-15-31-32-25-8-5-19(33(39)40)16-26(25)34(41)42)24(11-14-29(22,23)2)30(3)13-10-20(35)17-27(30)36/h5,8,16,18,20-24,35H,4,6-7,9-15,17H2,1-3H3,(H,37,38)/t18-,20+,21?,22-,23?,24?,29-,30-/m1/s1. The van der Waals surface area contributed by atoms with Gasteiger partial charge >= 0.3 is 11.7 Å². The van der Waals surface area contributed by atoms with E-state index >= 15 is 0 Å². The van der Waals surface area contributed by atoms with E-state index in [-0.39, 0.29) is 54.0 Å². The fourth-order valence-corrected chi connectivity index (χ4v) is 8.75. The third-order valence-electron chi connectivity index (χ3n) is 11.0. The number of hydrogen-bond donors (Lipinski definition) is 2. The number of benzene rings is 1. The second-order valence-corrected chi connectivity index (χ2v) is 13.2. The van der Waals surface area contributed by atoms with Crippen molar-refractivity contribution >= 4 is 28.8 Å². The number of nitrogens with zero attached hydrogens (tertiary/aromatic N) is 4. The van der Waals surface area contributed by atoms with Crippen LogP contribution in [0.25, 0.3) is 0 Å². The second-order valence-electron chi connectivity index (χ2n) is 13.2. The molecule has 0 radical (unpaired) electrons. The number of ketones is 1. The molecule has 42 heavy (non-hydrogen) atoms. The number of nitro groups is 2. The Morgan fingerprint density at radius 1 is 1.10 bits per heavy atom. The van der Waals surface area contributed by atoms with Crippen LogP contribution >= 0.6 is 0 Å². The number of carboxylic acid groups (broad SMARTS) is 1. The summed E-state index contributed by atoms with van der Waals surface area (Å²) in [6.45, 7) is 6.81. The Morgan fingerprint density at radius 2 is 1.83 bits per heavy atom. The zero-order valence-corrected chi connectivity index (χ0v) is 24.6. The Kier molecular flexibility index (Phi) is 9.44. The lowest BCUT2D eigenvalue weighted by Gasteiger charge is -2.55. The van der Waals surface area contributed by atoms with Gasteiger partial charge in [-0.05, 0) is 92.4 Å². The lowest BCUT2D eigenvalue weighted by molar-refractivity contribution is -0.393. The number of nitro benzene ring substituents is 2. The topological polar surface area (TPSA) is 186 Å². The Labute approximate surface area is 245 Å². The summed E-state index contributed by atoms with van der Waals surface area (Å²) in [4.78, 5) is 45.8. The van der Waals surface area contributed by atoms with Gasteiger partial charge in [0.25, 0.3) is 5.69 Å². The third-order valence-corrected chi connectivity index (χ3v) is 11.0. The molecule has 0 aromatic heterocycles. The van der Waals surface area contributed by atoms with E-state index in [0.29, 0.717) is 37.5 Å². The molecule has 230 valence electrons. The lowest BCUT2D eigenvalue weighted by atomic mass is 9.49. The van der Waals surface area contributed by atoms with Crippen molar-refractivity contribution in [1.29, 1.82) is 0 Å². The first-order valence-electron chi connectivity index (χ1n) is 15.0. The molecule has 0 heterocycles. The van der Waals surface area contributed by atoms with Gasteiger partial charge in [0.2, 0.25) is 0 Å². The van der Waals surface area contributed by atoms with E-state index < -0.39 is 38.7 Å². The average Bonchev–Trinajstić information content (AvgIpc) is 3.29. The van der Waals surface area contributed by atoms with E-state index in [1.54, 1.807) is 0 Å². The Bertz CT molecular complexity index is 1250. The van der Waals surface area contributed by atoms with E-state index in [1.807, 2.05) is 6.92 Å². The van der Waals surface area contributed by atoms with Crippen LogP contribution < -0.4 is 0 Å². The summed E-state index contributed by atoms with van der Waals surface area (Å²) in [5, 5.41) is 50.4. The third kappa shape index (κ3) is 6.23. The second kappa shape index (κ2) is 12.5. The number of aliphatic hydroxyl groups excluding tert-OH is 1. The molecule has 0 saturated heterocycles. The molecular weight excluding hydrogens is 544 g/mol. The molecule has 8 atom stereocenters. The summed E-state index contributed by atoms with van der Waals surface area (Å²) < 4.78 is 0. The van der Waals surface area contributed by atoms with Crippen LogP contribution in [0.5, 0.6) is 0 Å².